The third kappa shape index (κ3) is 1.88. The summed E-state index contributed by atoms with van der Waals surface area (Å²) in [5.41, 5.74) is 6.29. The second-order valence-electron chi connectivity index (χ2n) is 4.60. The molecule has 2 amide bonds. The van der Waals surface area contributed by atoms with Crippen LogP contribution in [0, 0.1) is 5.92 Å². The van der Waals surface area contributed by atoms with E-state index in [1.807, 2.05) is 18.2 Å². The number of nitrogens with zero attached hydrogens (tertiary/aromatic N) is 1. The lowest BCUT2D eigenvalue weighted by atomic mass is 9.95. The molecule has 86 valence electrons. The van der Waals surface area contributed by atoms with Crippen LogP contribution in [0.3, 0.4) is 0 Å². The topological polar surface area (TPSA) is 66.6 Å². The van der Waals surface area contributed by atoms with E-state index in [4.69, 9.17) is 5.73 Å². The maximum Gasteiger partial charge on any atom is 0.338 e. The normalized spacial score (nSPS) is 27.5. The molecule has 2 rings (SSSR count). The van der Waals surface area contributed by atoms with Gasteiger partial charge in [0.15, 0.2) is 0 Å². The fourth-order valence-electron chi connectivity index (χ4n) is 2.19. The second-order valence-corrected chi connectivity index (χ2v) is 4.60. The van der Waals surface area contributed by atoms with Gasteiger partial charge in [-0.15, -0.1) is 0 Å². The summed E-state index contributed by atoms with van der Waals surface area (Å²) in [5.74, 6) is 0.285. The molecule has 16 heavy (non-hydrogen) atoms. The van der Waals surface area contributed by atoms with Gasteiger partial charge >= 0.3 is 6.03 Å². The number of rotatable bonds is 3. The summed E-state index contributed by atoms with van der Waals surface area (Å²) in [6, 6.07) is 9.34. The van der Waals surface area contributed by atoms with Crippen LogP contribution in [0.4, 0.5) is 4.79 Å². The number of urea groups is 1. The van der Waals surface area contributed by atoms with Gasteiger partial charge in [0.1, 0.15) is 0 Å². The van der Waals surface area contributed by atoms with Gasteiger partial charge in [0.2, 0.25) is 0 Å². The minimum absolute atomic E-state index is 0.0672. The molecule has 2 unspecified atom stereocenters. The minimum atomic E-state index is -0.790. The van der Waals surface area contributed by atoms with Crippen molar-refractivity contribution in [3.05, 3.63) is 35.9 Å². The smallest absolute Gasteiger partial charge is 0.338 e. The van der Waals surface area contributed by atoms with Gasteiger partial charge in [0.25, 0.3) is 0 Å². The zero-order chi connectivity index (χ0) is 11.8. The lowest BCUT2D eigenvalue weighted by Gasteiger charge is -2.15. The van der Waals surface area contributed by atoms with E-state index < -0.39 is 6.03 Å². The van der Waals surface area contributed by atoms with E-state index in [-0.39, 0.29) is 11.3 Å². The highest BCUT2D eigenvalue weighted by Gasteiger charge is 2.51. The molecule has 1 saturated carbocycles. The van der Waals surface area contributed by atoms with Crippen molar-refractivity contribution in [2.24, 2.45) is 11.7 Å². The fourth-order valence-corrected chi connectivity index (χ4v) is 2.19. The number of hydrogen-bond donors (Lipinski definition) is 2. The van der Waals surface area contributed by atoms with Crippen molar-refractivity contribution in [1.82, 2.24) is 5.06 Å². The molecule has 1 fully saturated rings. The van der Waals surface area contributed by atoms with E-state index in [1.165, 1.54) is 5.56 Å². The van der Waals surface area contributed by atoms with Crippen molar-refractivity contribution in [3.8, 4) is 0 Å². The molecular formula is C12H16N2O2. The molecule has 0 spiro atoms. The second kappa shape index (κ2) is 3.79. The van der Waals surface area contributed by atoms with Gasteiger partial charge in [-0.25, -0.2) is 9.86 Å². The summed E-state index contributed by atoms with van der Waals surface area (Å²) in [7, 11) is 0. The highest BCUT2D eigenvalue weighted by Crippen LogP contribution is 2.53. The molecule has 0 saturated heterocycles. The Morgan fingerprint density at radius 2 is 2.19 bits per heavy atom. The van der Waals surface area contributed by atoms with E-state index in [9.17, 15) is 10.0 Å². The van der Waals surface area contributed by atoms with E-state index in [0.717, 1.165) is 6.42 Å². The molecule has 1 aliphatic carbocycles. The quantitative estimate of drug-likeness (QED) is 0.601. The van der Waals surface area contributed by atoms with Crippen LogP contribution in [-0.2, 0) is 5.41 Å². The van der Waals surface area contributed by atoms with Crippen molar-refractivity contribution in [1.29, 1.82) is 0 Å². The Balaban J connectivity index is 2.02. The zero-order valence-electron chi connectivity index (χ0n) is 9.26. The molecule has 3 N–H and O–H groups in total. The Morgan fingerprint density at radius 3 is 2.75 bits per heavy atom. The first-order chi connectivity index (χ1) is 7.54. The van der Waals surface area contributed by atoms with Gasteiger partial charge < -0.3 is 5.73 Å². The number of hydrogen-bond acceptors (Lipinski definition) is 2. The summed E-state index contributed by atoms with van der Waals surface area (Å²) < 4.78 is 0. The number of carbonyl (C=O) groups is 1. The van der Waals surface area contributed by atoms with Gasteiger partial charge in [0, 0.05) is 0 Å². The Labute approximate surface area is 94.6 Å². The molecule has 1 aromatic carbocycles. The van der Waals surface area contributed by atoms with Crippen LogP contribution in [-0.4, -0.2) is 22.8 Å². The first kappa shape index (κ1) is 11.0. The Bertz CT molecular complexity index is 393. The number of primary amides is 1. The summed E-state index contributed by atoms with van der Waals surface area (Å²) in [6.07, 6.45) is 0.974. The lowest BCUT2D eigenvalue weighted by Crippen LogP contribution is -2.35. The maximum atomic E-state index is 10.7. The largest absolute Gasteiger partial charge is 0.350 e. The molecule has 0 aliphatic heterocycles. The van der Waals surface area contributed by atoms with Crippen LogP contribution in [0.1, 0.15) is 18.9 Å². The first-order valence-corrected chi connectivity index (χ1v) is 5.35. The summed E-state index contributed by atoms with van der Waals surface area (Å²) in [5, 5.41) is 9.87. The van der Waals surface area contributed by atoms with Crippen molar-refractivity contribution in [2.75, 3.05) is 6.54 Å². The lowest BCUT2D eigenvalue weighted by molar-refractivity contribution is -0.0441. The van der Waals surface area contributed by atoms with E-state index in [2.05, 4.69) is 19.1 Å². The van der Waals surface area contributed by atoms with Crippen LogP contribution in [0.5, 0.6) is 0 Å². The molecule has 1 aromatic rings. The molecular weight excluding hydrogens is 204 g/mol. The average Bonchev–Trinajstić information content (AvgIpc) is 2.92. The van der Waals surface area contributed by atoms with Crippen LogP contribution in [0.25, 0.3) is 0 Å². The van der Waals surface area contributed by atoms with Crippen LogP contribution in [0.15, 0.2) is 30.3 Å². The van der Waals surface area contributed by atoms with Crippen molar-refractivity contribution >= 4 is 6.03 Å². The molecule has 2 atom stereocenters. The summed E-state index contributed by atoms with van der Waals surface area (Å²) in [4.78, 5) is 10.7. The number of hydroxylamine groups is 2. The van der Waals surface area contributed by atoms with Crippen molar-refractivity contribution in [2.45, 2.75) is 18.8 Å². The standard InChI is InChI=1S/C12H16N2O2/c1-12(9-5-3-2-4-6-9)7-10(12)8-14(16)11(13)15/h2-6,10,16H,7-8H2,1H3,(H2,13,15). The average molecular weight is 220 g/mol. The van der Waals surface area contributed by atoms with Gasteiger partial charge in [0.05, 0.1) is 6.54 Å². The molecule has 0 radical (unpaired) electrons. The third-order valence-corrected chi connectivity index (χ3v) is 3.49. The monoisotopic (exact) mass is 220 g/mol. The number of amides is 2. The maximum absolute atomic E-state index is 10.7. The summed E-state index contributed by atoms with van der Waals surface area (Å²) in [6.45, 7) is 2.45. The predicted octanol–water partition coefficient (Wildman–Crippen LogP) is 1.73. The van der Waals surface area contributed by atoms with Crippen LogP contribution >= 0.6 is 0 Å². The molecule has 0 aromatic heterocycles. The van der Waals surface area contributed by atoms with Gasteiger partial charge in [-0.2, -0.15) is 0 Å². The third-order valence-electron chi connectivity index (χ3n) is 3.49. The zero-order valence-corrected chi connectivity index (χ0v) is 9.26. The SMILES string of the molecule is CC1(c2ccccc2)CC1CN(O)C(N)=O. The van der Waals surface area contributed by atoms with Gasteiger partial charge in [-0.05, 0) is 23.3 Å². The van der Waals surface area contributed by atoms with Crippen LogP contribution < -0.4 is 5.73 Å². The molecule has 4 heteroatoms. The number of carbonyl (C=O) groups excluding carboxylic acids is 1. The van der Waals surface area contributed by atoms with Crippen LogP contribution in [0.2, 0.25) is 0 Å². The highest BCUT2D eigenvalue weighted by atomic mass is 16.5. The molecule has 1 aliphatic rings. The molecule has 0 bridgehead atoms. The Hall–Kier alpha value is -1.55. The number of benzene rings is 1. The van der Waals surface area contributed by atoms with Crippen molar-refractivity contribution < 1.29 is 10.0 Å². The highest BCUT2D eigenvalue weighted by molar-refractivity contribution is 5.70. The first-order valence-electron chi connectivity index (χ1n) is 5.35. The molecule has 4 nitrogen and oxygen atoms in total. The summed E-state index contributed by atoms with van der Waals surface area (Å²) >= 11 is 0. The van der Waals surface area contributed by atoms with Gasteiger partial charge in [-0.1, -0.05) is 37.3 Å². The van der Waals surface area contributed by atoms with E-state index in [0.29, 0.717) is 11.6 Å². The Kier molecular flexibility index (Phi) is 2.59. The molecule has 0 heterocycles. The van der Waals surface area contributed by atoms with E-state index in [1.54, 1.807) is 0 Å². The van der Waals surface area contributed by atoms with Gasteiger partial charge in [-0.3, -0.25) is 5.21 Å². The van der Waals surface area contributed by atoms with E-state index >= 15 is 0 Å². The number of nitrogens with two attached hydrogens (primary N) is 1. The van der Waals surface area contributed by atoms with Crippen molar-refractivity contribution in [3.63, 3.8) is 0 Å². The minimum Gasteiger partial charge on any atom is -0.350 e. The fraction of sp³-hybridized carbons (Fsp3) is 0.417. The Morgan fingerprint density at radius 1 is 1.56 bits per heavy atom. The predicted molar refractivity (Wildman–Crippen MR) is 60.0 cm³/mol.